The average Bonchev–Trinajstić information content (AvgIpc) is 2.32. The summed E-state index contributed by atoms with van der Waals surface area (Å²) < 4.78 is 0. The second-order valence-electron chi connectivity index (χ2n) is 4.88. The normalized spacial score (nSPS) is 11.9. The molecule has 0 saturated carbocycles. The van der Waals surface area contributed by atoms with Crippen molar-refractivity contribution in [2.45, 2.75) is 40.5 Å². The van der Waals surface area contributed by atoms with Crippen LogP contribution in [0, 0.1) is 6.92 Å². The summed E-state index contributed by atoms with van der Waals surface area (Å²) in [5, 5.41) is 3.37. The van der Waals surface area contributed by atoms with Crippen LogP contribution in [0.15, 0.2) is 47.2 Å². The quantitative estimate of drug-likeness (QED) is 0.722. The highest BCUT2D eigenvalue weighted by molar-refractivity contribution is 5.74. The van der Waals surface area contributed by atoms with E-state index in [4.69, 9.17) is 0 Å². The lowest BCUT2D eigenvalue weighted by molar-refractivity contribution is 0.913. The van der Waals surface area contributed by atoms with Crippen molar-refractivity contribution in [1.82, 2.24) is 0 Å². The number of aliphatic imine (C=N–C) groups is 1. The molecule has 1 aromatic rings. The Morgan fingerprint density at radius 3 is 2.68 bits per heavy atom. The monoisotopic (exact) mass is 256 g/mol. The summed E-state index contributed by atoms with van der Waals surface area (Å²) in [7, 11) is 0. The van der Waals surface area contributed by atoms with Crippen LogP contribution >= 0.6 is 0 Å². The Labute approximate surface area is 117 Å². The first-order chi connectivity index (χ1) is 9.02. The van der Waals surface area contributed by atoms with Crippen LogP contribution in [-0.2, 0) is 6.42 Å². The maximum absolute atomic E-state index is 4.13. The maximum Gasteiger partial charge on any atom is 0.0384 e. The van der Waals surface area contributed by atoms with Crippen molar-refractivity contribution in [3.63, 3.8) is 0 Å². The zero-order chi connectivity index (χ0) is 14.3. The molecule has 19 heavy (non-hydrogen) atoms. The fourth-order valence-corrected chi connectivity index (χ4v) is 1.87. The minimum atomic E-state index is 0.809. The number of benzene rings is 1. The van der Waals surface area contributed by atoms with Gasteiger partial charge in [0, 0.05) is 23.3 Å². The van der Waals surface area contributed by atoms with Crippen LogP contribution in [0.3, 0.4) is 0 Å². The van der Waals surface area contributed by atoms with E-state index >= 15 is 0 Å². The van der Waals surface area contributed by atoms with Crippen molar-refractivity contribution in [3.05, 3.63) is 53.4 Å². The lowest BCUT2D eigenvalue weighted by atomic mass is 10.0. The molecule has 1 aromatic carbocycles. The van der Waals surface area contributed by atoms with Crippen LogP contribution in [0.1, 0.15) is 38.3 Å². The largest absolute Gasteiger partial charge is 0.359 e. The molecular weight excluding hydrogens is 232 g/mol. The first kappa shape index (κ1) is 15.2. The van der Waals surface area contributed by atoms with Gasteiger partial charge in [0.05, 0.1) is 0 Å². The summed E-state index contributed by atoms with van der Waals surface area (Å²) in [6.07, 6.45) is 6.04. The number of anilines is 1. The molecule has 1 N–H and O–H groups in total. The van der Waals surface area contributed by atoms with Crippen molar-refractivity contribution in [3.8, 4) is 0 Å². The number of rotatable bonds is 6. The number of allylic oxidation sites excluding steroid dienone is 3. The Kier molecular flexibility index (Phi) is 6.07. The van der Waals surface area contributed by atoms with E-state index in [0.717, 1.165) is 23.5 Å². The Hall–Kier alpha value is -1.83. The molecule has 2 nitrogen and oxygen atoms in total. The summed E-state index contributed by atoms with van der Waals surface area (Å²) in [6, 6.07) is 6.53. The number of aryl methyl sites for hydroxylation is 2. The highest BCUT2D eigenvalue weighted by atomic mass is 14.9. The molecular formula is C17H24N2. The summed E-state index contributed by atoms with van der Waals surface area (Å²) in [5.74, 6) is 0. The van der Waals surface area contributed by atoms with E-state index < -0.39 is 0 Å². The van der Waals surface area contributed by atoms with Gasteiger partial charge in [0.25, 0.3) is 0 Å². The fraction of sp³-hybridized carbons (Fsp3) is 0.353. The first-order valence-electron chi connectivity index (χ1n) is 6.76. The molecule has 0 spiro atoms. The minimum absolute atomic E-state index is 0.809. The highest BCUT2D eigenvalue weighted by Crippen LogP contribution is 2.17. The predicted molar refractivity (Wildman–Crippen MR) is 85.9 cm³/mol. The standard InChI is InChI=1S/C17H24N2/c1-6-7-16-8-9-17(12-14(16)4)19-15(5)10-11-18-13(2)3/h8-12,19H,2,6-7H2,1,3-5H3/b15-10+,18-11-. The van der Waals surface area contributed by atoms with Crippen molar-refractivity contribution in [2.75, 3.05) is 5.32 Å². The van der Waals surface area contributed by atoms with E-state index in [1.165, 1.54) is 17.5 Å². The first-order valence-corrected chi connectivity index (χ1v) is 6.76. The Bertz CT molecular complexity index is 496. The average molecular weight is 256 g/mol. The van der Waals surface area contributed by atoms with Gasteiger partial charge < -0.3 is 5.32 Å². The van der Waals surface area contributed by atoms with Crippen molar-refractivity contribution < 1.29 is 0 Å². The van der Waals surface area contributed by atoms with Gasteiger partial charge in [0.2, 0.25) is 0 Å². The Morgan fingerprint density at radius 2 is 2.11 bits per heavy atom. The number of nitrogens with one attached hydrogen (secondary N) is 1. The maximum atomic E-state index is 4.13. The number of hydrogen-bond acceptors (Lipinski definition) is 2. The molecule has 0 aliphatic carbocycles. The van der Waals surface area contributed by atoms with Gasteiger partial charge in [-0.2, -0.15) is 0 Å². The number of hydrogen-bond donors (Lipinski definition) is 1. The van der Waals surface area contributed by atoms with Gasteiger partial charge in [-0.25, -0.2) is 0 Å². The summed E-state index contributed by atoms with van der Waals surface area (Å²) in [6.45, 7) is 12.0. The van der Waals surface area contributed by atoms with Gasteiger partial charge in [0.1, 0.15) is 0 Å². The van der Waals surface area contributed by atoms with Gasteiger partial charge in [-0.05, 0) is 56.5 Å². The minimum Gasteiger partial charge on any atom is -0.359 e. The SMILES string of the molecule is C=C(C)/N=C\C=C(/C)Nc1ccc(CCC)c(C)c1. The zero-order valence-electron chi connectivity index (χ0n) is 12.5. The second kappa shape index (κ2) is 7.57. The van der Waals surface area contributed by atoms with Crippen LogP contribution in [0.25, 0.3) is 0 Å². The van der Waals surface area contributed by atoms with Crippen LogP contribution in [0.4, 0.5) is 5.69 Å². The van der Waals surface area contributed by atoms with Gasteiger partial charge in [-0.1, -0.05) is 26.0 Å². The zero-order valence-corrected chi connectivity index (χ0v) is 12.5. The van der Waals surface area contributed by atoms with E-state index in [1.807, 2.05) is 19.9 Å². The molecule has 0 aliphatic heterocycles. The van der Waals surface area contributed by atoms with Crippen molar-refractivity contribution >= 4 is 11.9 Å². The Balaban J connectivity index is 2.72. The molecule has 0 radical (unpaired) electrons. The lowest BCUT2D eigenvalue weighted by Gasteiger charge is -2.10. The van der Waals surface area contributed by atoms with E-state index in [-0.39, 0.29) is 0 Å². The molecule has 0 saturated heterocycles. The number of nitrogens with zero attached hydrogens (tertiary/aromatic N) is 1. The van der Waals surface area contributed by atoms with E-state index in [1.54, 1.807) is 6.21 Å². The summed E-state index contributed by atoms with van der Waals surface area (Å²) in [4.78, 5) is 4.13. The molecule has 0 aliphatic rings. The molecule has 2 heteroatoms. The van der Waals surface area contributed by atoms with Gasteiger partial charge in [0.15, 0.2) is 0 Å². The molecule has 0 unspecified atom stereocenters. The molecule has 0 atom stereocenters. The molecule has 102 valence electrons. The smallest absolute Gasteiger partial charge is 0.0384 e. The van der Waals surface area contributed by atoms with Crippen molar-refractivity contribution in [1.29, 1.82) is 0 Å². The Morgan fingerprint density at radius 1 is 1.37 bits per heavy atom. The van der Waals surface area contributed by atoms with Gasteiger partial charge >= 0.3 is 0 Å². The van der Waals surface area contributed by atoms with Crippen LogP contribution in [-0.4, -0.2) is 6.21 Å². The van der Waals surface area contributed by atoms with Crippen molar-refractivity contribution in [2.24, 2.45) is 4.99 Å². The van der Waals surface area contributed by atoms with Gasteiger partial charge in [-0.3, -0.25) is 4.99 Å². The van der Waals surface area contributed by atoms with E-state index in [0.29, 0.717) is 0 Å². The van der Waals surface area contributed by atoms with Gasteiger partial charge in [-0.15, -0.1) is 0 Å². The molecule has 0 bridgehead atoms. The summed E-state index contributed by atoms with van der Waals surface area (Å²) >= 11 is 0. The predicted octanol–water partition coefficient (Wildman–Crippen LogP) is 4.87. The molecule has 0 fully saturated rings. The van der Waals surface area contributed by atoms with E-state index in [9.17, 15) is 0 Å². The second-order valence-corrected chi connectivity index (χ2v) is 4.88. The molecule has 0 aromatic heterocycles. The highest BCUT2D eigenvalue weighted by Gasteiger charge is 1.99. The lowest BCUT2D eigenvalue weighted by Crippen LogP contribution is -1.97. The fourth-order valence-electron chi connectivity index (χ4n) is 1.87. The molecule has 0 heterocycles. The molecule has 1 rings (SSSR count). The summed E-state index contributed by atoms with van der Waals surface area (Å²) in [5.41, 5.74) is 5.76. The van der Waals surface area contributed by atoms with Crippen LogP contribution in [0.5, 0.6) is 0 Å². The van der Waals surface area contributed by atoms with Crippen LogP contribution in [0.2, 0.25) is 0 Å². The third-order valence-electron chi connectivity index (χ3n) is 2.82. The third-order valence-corrected chi connectivity index (χ3v) is 2.82. The third kappa shape index (κ3) is 5.56. The van der Waals surface area contributed by atoms with Crippen LogP contribution < -0.4 is 5.32 Å². The van der Waals surface area contributed by atoms with E-state index in [2.05, 4.69) is 48.9 Å². The molecule has 0 amide bonds. The topological polar surface area (TPSA) is 24.4 Å².